The summed E-state index contributed by atoms with van der Waals surface area (Å²) in [5.74, 6) is -0.643. The SMILES string of the molecule is CCCCc1ccc(Nc2ncnc(NNC(=O)c3ccc(Cl)cc3)c2[N+](=O)[O-])cc1. The Morgan fingerprint density at radius 1 is 1.06 bits per heavy atom. The number of aromatic nitrogens is 2. The summed E-state index contributed by atoms with van der Waals surface area (Å²) in [5, 5.41) is 15.1. The lowest BCUT2D eigenvalue weighted by Gasteiger charge is -2.11. The Morgan fingerprint density at radius 3 is 2.39 bits per heavy atom. The molecule has 0 aliphatic rings. The Balaban J connectivity index is 1.75. The fraction of sp³-hybridized carbons (Fsp3) is 0.190. The number of benzene rings is 2. The molecule has 0 fully saturated rings. The molecule has 1 aromatic heterocycles. The van der Waals surface area contributed by atoms with Gasteiger partial charge in [0.05, 0.1) is 4.92 Å². The number of halogens is 1. The second-order valence-corrected chi connectivity index (χ2v) is 7.12. The average Bonchev–Trinajstić information content (AvgIpc) is 2.77. The Morgan fingerprint density at radius 2 is 1.74 bits per heavy atom. The van der Waals surface area contributed by atoms with Crippen molar-refractivity contribution < 1.29 is 9.72 Å². The standard InChI is InChI=1S/C21H21ClN6O3/c1-2-3-4-14-5-11-17(12-6-14)25-19-18(28(30)31)20(24-13-23-19)26-27-21(29)15-7-9-16(22)10-8-15/h5-13H,2-4H2,1H3,(H,27,29)(H2,23,24,25,26). The van der Waals surface area contributed by atoms with Gasteiger partial charge in [-0.25, -0.2) is 9.97 Å². The first-order valence-corrected chi connectivity index (χ1v) is 10.0. The van der Waals surface area contributed by atoms with Crippen LogP contribution in [0.2, 0.25) is 5.02 Å². The number of carbonyl (C=O) groups excluding carboxylic acids is 1. The number of nitrogens with zero attached hydrogens (tertiary/aromatic N) is 3. The van der Waals surface area contributed by atoms with Gasteiger partial charge in [0.2, 0.25) is 11.6 Å². The van der Waals surface area contributed by atoms with Gasteiger partial charge in [-0.2, -0.15) is 0 Å². The normalized spacial score (nSPS) is 10.4. The molecule has 1 heterocycles. The number of aryl methyl sites for hydroxylation is 1. The minimum Gasteiger partial charge on any atom is -0.334 e. The largest absolute Gasteiger partial charge is 0.355 e. The van der Waals surface area contributed by atoms with Gasteiger partial charge in [0.1, 0.15) is 6.33 Å². The van der Waals surface area contributed by atoms with E-state index < -0.39 is 16.5 Å². The van der Waals surface area contributed by atoms with E-state index in [0.29, 0.717) is 16.3 Å². The number of anilines is 3. The molecule has 0 atom stereocenters. The van der Waals surface area contributed by atoms with Gasteiger partial charge in [-0.05, 0) is 54.8 Å². The summed E-state index contributed by atoms with van der Waals surface area (Å²) in [7, 11) is 0. The van der Waals surface area contributed by atoms with Crippen molar-refractivity contribution >= 4 is 40.5 Å². The van der Waals surface area contributed by atoms with E-state index in [9.17, 15) is 14.9 Å². The highest BCUT2D eigenvalue weighted by Gasteiger charge is 2.23. The molecule has 0 bridgehead atoms. The lowest BCUT2D eigenvalue weighted by Crippen LogP contribution is -2.30. The van der Waals surface area contributed by atoms with Crippen LogP contribution in [0.5, 0.6) is 0 Å². The van der Waals surface area contributed by atoms with Gasteiger partial charge >= 0.3 is 5.69 Å². The molecule has 0 spiro atoms. The number of rotatable bonds is 9. The first kappa shape index (κ1) is 22.0. The first-order chi connectivity index (χ1) is 15.0. The molecular formula is C21H21ClN6O3. The van der Waals surface area contributed by atoms with Crippen LogP contribution >= 0.6 is 11.6 Å². The molecule has 0 unspecified atom stereocenters. The van der Waals surface area contributed by atoms with Crippen LogP contribution in [0, 0.1) is 10.1 Å². The number of amides is 1. The van der Waals surface area contributed by atoms with Crippen molar-refractivity contribution in [3.8, 4) is 0 Å². The summed E-state index contributed by atoms with van der Waals surface area (Å²) in [6, 6.07) is 13.8. The van der Waals surface area contributed by atoms with Crippen molar-refractivity contribution in [3.63, 3.8) is 0 Å². The molecular weight excluding hydrogens is 420 g/mol. The highest BCUT2D eigenvalue weighted by molar-refractivity contribution is 6.30. The number of unbranched alkanes of at least 4 members (excludes halogenated alkanes) is 1. The smallest absolute Gasteiger partial charge is 0.334 e. The maximum Gasteiger partial charge on any atom is 0.355 e. The fourth-order valence-corrected chi connectivity index (χ4v) is 2.92. The Bertz CT molecular complexity index is 1060. The Labute approximate surface area is 184 Å². The van der Waals surface area contributed by atoms with Crippen LogP contribution < -0.4 is 16.2 Å². The number of hydrazine groups is 1. The van der Waals surface area contributed by atoms with Crippen molar-refractivity contribution in [3.05, 3.63) is 81.1 Å². The third-order valence-electron chi connectivity index (χ3n) is 4.44. The third-order valence-corrected chi connectivity index (χ3v) is 4.69. The number of nitro groups is 1. The van der Waals surface area contributed by atoms with Crippen molar-refractivity contribution in [1.29, 1.82) is 0 Å². The number of nitrogens with one attached hydrogen (secondary N) is 3. The van der Waals surface area contributed by atoms with E-state index in [1.54, 1.807) is 12.1 Å². The zero-order valence-corrected chi connectivity index (χ0v) is 17.5. The Kier molecular flexibility index (Phi) is 7.34. The minimum absolute atomic E-state index is 0.00421. The van der Waals surface area contributed by atoms with Crippen LogP contribution in [0.25, 0.3) is 0 Å². The Hall–Kier alpha value is -3.72. The lowest BCUT2D eigenvalue weighted by atomic mass is 10.1. The van der Waals surface area contributed by atoms with E-state index in [0.717, 1.165) is 19.3 Å². The second-order valence-electron chi connectivity index (χ2n) is 6.69. The monoisotopic (exact) mass is 440 g/mol. The van der Waals surface area contributed by atoms with Gasteiger partial charge < -0.3 is 5.32 Å². The molecule has 3 aromatic rings. The van der Waals surface area contributed by atoms with Crippen molar-refractivity contribution in [2.24, 2.45) is 0 Å². The number of hydrogen-bond acceptors (Lipinski definition) is 7. The third kappa shape index (κ3) is 5.89. The van der Waals surface area contributed by atoms with Crippen LogP contribution in [-0.4, -0.2) is 20.8 Å². The van der Waals surface area contributed by atoms with Crippen molar-refractivity contribution in [2.45, 2.75) is 26.2 Å². The van der Waals surface area contributed by atoms with Crippen LogP contribution in [-0.2, 0) is 6.42 Å². The molecule has 3 rings (SSSR count). The molecule has 160 valence electrons. The summed E-state index contributed by atoms with van der Waals surface area (Å²) in [4.78, 5) is 31.2. The summed E-state index contributed by atoms with van der Waals surface area (Å²) < 4.78 is 0. The molecule has 31 heavy (non-hydrogen) atoms. The minimum atomic E-state index is -0.616. The zero-order valence-electron chi connectivity index (χ0n) is 16.8. The van der Waals surface area contributed by atoms with E-state index in [1.807, 2.05) is 24.3 Å². The number of carbonyl (C=O) groups is 1. The van der Waals surface area contributed by atoms with Gasteiger partial charge in [0.25, 0.3) is 5.91 Å². The van der Waals surface area contributed by atoms with E-state index in [2.05, 4.69) is 33.1 Å². The highest BCUT2D eigenvalue weighted by atomic mass is 35.5. The highest BCUT2D eigenvalue weighted by Crippen LogP contribution is 2.30. The van der Waals surface area contributed by atoms with E-state index in [1.165, 1.54) is 24.0 Å². The maximum absolute atomic E-state index is 12.2. The molecule has 3 N–H and O–H groups in total. The van der Waals surface area contributed by atoms with Gasteiger partial charge in [0.15, 0.2) is 0 Å². The van der Waals surface area contributed by atoms with Gasteiger partial charge in [-0.3, -0.25) is 25.8 Å². The molecule has 10 heteroatoms. The van der Waals surface area contributed by atoms with Crippen LogP contribution in [0.4, 0.5) is 23.0 Å². The van der Waals surface area contributed by atoms with Gasteiger partial charge in [-0.15, -0.1) is 0 Å². The molecule has 1 amide bonds. The summed E-state index contributed by atoms with van der Waals surface area (Å²) in [6.45, 7) is 2.13. The predicted molar refractivity (Wildman–Crippen MR) is 120 cm³/mol. The van der Waals surface area contributed by atoms with Gasteiger partial charge in [-0.1, -0.05) is 37.1 Å². The van der Waals surface area contributed by atoms with Crippen molar-refractivity contribution in [2.75, 3.05) is 10.7 Å². The van der Waals surface area contributed by atoms with Crippen LogP contribution in [0.15, 0.2) is 54.9 Å². The quantitative estimate of drug-likeness (QED) is 0.320. The average molecular weight is 441 g/mol. The molecule has 0 aliphatic heterocycles. The molecule has 0 radical (unpaired) electrons. The van der Waals surface area contributed by atoms with Gasteiger partial charge in [0, 0.05) is 16.3 Å². The van der Waals surface area contributed by atoms with E-state index >= 15 is 0 Å². The maximum atomic E-state index is 12.2. The molecule has 2 aromatic carbocycles. The van der Waals surface area contributed by atoms with E-state index in [4.69, 9.17) is 11.6 Å². The number of hydrogen-bond donors (Lipinski definition) is 3. The second kappa shape index (κ2) is 10.4. The summed E-state index contributed by atoms with van der Waals surface area (Å²) in [6.07, 6.45) is 4.35. The lowest BCUT2D eigenvalue weighted by molar-refractivity contribution is -0.383. The topological polar surface area (TPSA) is 122 Å². The molecule has 0 saturated carbocycles. The van der Waals surface area contributed by atoms with E-state index in [-0.39, 0.29) is 11.6 Å². The molecule has 0 aliphatic carbocycles. The summed E-state index contributed by atoms with van der Waals surface area (Å²) in [5.41, 5.74) is 6.67. The predicted octanol–water partition coefficient (Wildman–Crippen LogP) is 4.88. The summed E-state index contributed by atoms with van der Waals surface area (Å²) >= 11 is 5.81. The van der Waals surface area contributed by atoms with Crippen LogP contribution in [0.3, 0.4) is 0 Å². The molecule has 9 nitrogen and oxygen atoms in total. The van der Waals surface area contributed by atoms with Crippen molar-refractivity contribution in [1.82, 2.24) is 15.4 Å². The van der Waals surface area contributed by atoms with Crippen LogP contribution in [0.1, 0.15) is 35.7 Å². The first-order valence-electron chi connectivity index (χ1n) is 9.65. The fourth-order valence-electron chi connectivity index (χ4n) is 2.80. The zero-order chi connectivity index (χ0) is 22.2. The molecule has 0 saturated heterocycles.